The first-order chi connectivity index (χ1) is 12.2. The average Bonchev–Trinajstić information content (AvgIpc) is 3.27. The average molecular weight is 362 g/mol. The highest BCUT2D eigenvalue weighted by Crippen LogP contribution is 2.25. The van der Waals surface area contributed by atoms with Gasteiger partial charge in [-0.15, -0.1) is 0 Å². The van der Waals surface area contributed by atoms with Gasteiger partial charge in [0.1, 0.15) is 5.65 Å². The monoisotopic (exact) mass is 361 g/mol. The molecule has 4 rings (SSSR count). The SMILES string of the molecule is O=C(/C=C/c1c(Cl)nc2ccccn12)N1CCCC(C2OCCO2)C1. The van der Waals surface area contributed by atoms with Gasteiger partial charge in [-0.2, -0.15) is 0 Å². The van der Waals surface area contributed by atoms with Crippen molar-refractivity contribution >= 4 is 29.2 Å². The van der Waals surface area contributed by atoms with Crippen molar-refractivity contribution in [3.8, 4) is 0 Å². The molecule has 0 saturated carbocycles. The first-order valence-electron chi connectivity index (χ1n) is 8.55. The van der Waals surface area contributed by atoms with Gasteiger partial charge in [0.15, 0.2) is 11.4 Å². The molecular weight excluding hydrogens is 342 g/mol. The largest absolute Gasteiger partial charge is 0.350 e. The number of amides is 1. The van der Waals surface area contributed by atoms with Crippen molar-refractivity contribution in [1.82, 2.24) is 14.3 Å². The summed E-state index contributed by atoms with van der Waals surface area (Å²) in [4.78, 5) is 18.7. The Morgan fingerprint density at radius 2 is 2.16 bits per heavy atom. The van der Waals surface area contributed by atoms with Crippen LogP contribution in [0, 0.1) is 5.92 Å². The number of hydrogen-bond acceptors (Lipinski definition) is 4. The van der Waals surface area contributed by atoms with Crippen LogP contribution in [0.5, 0.6) is 0 Å². The molecule has 0 spiro atoms. The minimum absolute atomic E-state index is 0.0235. The van der Waals surface area contributed by atoms with E-state index in [2.05, 4.69) is 4.98 Å². The van der Waals surface area contributed by atoms with Gasteiger partial charge in [-0.25, -0.2) is 4.98 Å². The van der Waals surface area contributed by atoms with Crippen LogP contribution in [0.1, 0.15) is 18.5 Å². The van der Waals surface area contributed by atoms with Crippen LogP contribution < -0.4 is 0 Å². The normalized spacial score (nSPS) is 22.3. The molecule has 2 aromatic heterocycles. The second-order valence-electron chi connectivity index (χ2n) is 6.35. The molecular formula is C18H20ClN3O3. The Balaban J connectivity index is 1.47. The second-order valence-corrected chi connectivity index (χ2v) is 6.70. The number of piperidine rings is 1. The van der Waals surface area contributed by atoms with Crippen molar-refractivity contribution in [3.05, 3.63) is 41.3 Å². The number of fused-ring (bicyclic) bond motifs is 1. The van der Waals surface area contributed by atoms with Crippen LogP contribution in [0.15, 0.2) is 30.5 Å². The summed E-state index contributed by atoms with van der Waals surface area (Å²) >= 11 is 6.20. The van der Waals surface area contributed by atoms with Crippen LogP contribution in [0.3, 0.4) is 0 Å². The number of halogens is 1. The summed E-state index contributed by atoms with van der Waals surface area (Å²) in [5, 5.41) is 0.388. The topological polar surface area (TPSA) is 56.1 Å². The quantitative estimate of drug-likeness (QED) is 0.788. The van der Waals surface area contributed by atoms with E-state index in [9.17, 15) is 4.79 Å². The minimum Gasteiger partial charge on any atom is -0.350 e. The molecule has 2 saturated heterocycles. The molecule has 2 aliphatic rings. The van der Waals surface area contributed by atoms with E-state index in [0.717, 1.165) is 25.0 Å². The molecule has 2 fully saturated rings. The summed E-state index contributed by atoms with van der Waals surface area (Å²) in [6.45, 7) is 2.70. The third kappa shape index (κ3) is 3.42. The zero-order valence-corrected chi connectivity index (χ0v) is 14.6. The number of carbonyl (C=O) groups excluding carboxylic acids is 1. The molecule has 1 unspecified atom stereocenters. The van der Waals surface area contributed by atoms with Crippen LogP contribution in [-0.2, 0) is 14.3 Å². The molecule has 1 atom stereocenters. The number of ether oxygens (including phenoxy) is 2. The maximum atomic E-state index is 12.6. The van der Waals surface area contributed by atoms with E-state index in [0.29, 0.717) is 30.6 Å². The molecule has 4 heterocycles. The fraction of sp³-hybridized carbons (Fsp3) is 0.444. The number of nitrogens with zero attached hydrogens (tertiary/aromatic N) is 3. The Kier molecular flexibility index (Phi) is 4.74. The predicted octanol–water partition coefficient (Wildman–Crippen LogP) is 2.61. The van der Waals surface area contributed by atoms with Gasteiger partial charge in [-0.1, -0.05) is 17.7 Å². The van der Waals surface area contributed by atoms with Crippen LogP contribution in [0.4, 0.5) is 0 Å². The van der Waals surface area contributed by atoms with Gasteiger partial charge in [0.25, 0.3) is 0 Å². The molecule has 6 nitrogen and oxygen atoms in total. The van der Waals surface area contributed by atoms with E-state index >= 15 is 0 Å². The molecule has 0 aromatic carbocycles. The van der Waals surface area contributed by atoms with Crippen molar-refractivity contribution in [2.75, 3.05) is 26.3 Å². The Morgan fingerprint density at radius 1 is 1.32 bits per heavy atom. The van der Waals surface area contributed by atoms with Crippen molar-refractivity contribution in [3.63, 3.8) is 0 Å². The summed E-state index contributed by atoms with van der Waals surface area (Å²) in [5.41, 5.74) is 1.47. The Labute approximate surface area is 151 Å². The number of hydrogen-bond donors (Lipinski definition) is 0. The first-order valence-corrected chi connectivity index (χ1v) is 8.93. The lowest BCUT2D eigenvalue weighted by Crippen LogP contribution is -2.43. The number of imidazole rings is 1. The standard InChI is InChI=1S/C18H20ClN3O3/c19-17-14(22-9-2-1-5-15(22)20-17)6-7-16(23)21-8-3-4-13(12-21)18-24-10-11-25-18/h1-2,5-7,9,13,18H,3-4,8,10-12H2/b7-6+. The molecule has 0 bridgehead atoms. The lowest BCUT2D eigenvalue weighted by molar-refractivity contribution is -0.134. The van der Waals surface area contributed by atoms with Gasteiger partial charge < -0.3 is 14.4 Å². The molecule has 1 amide bonds. The van der Waals surface area contributed by atoms with Gasteiger partial charge in [0.2, 0.25) is 5.91 Å². The zero-order chi connectivity index (χ0) is 17.2. The van der Waals surface area contributed by atoms with E-state index in [-0.39, 0.29) is 18.1 Å². The number of likely N-dealkylation sites (tertiary alicyclic amines) is 1. The van der Waals surface area contributed by atoms with Crippen molar-refractivity contribution in [1.29, 1.82) is 0 Å². The van der Waals surface area contributed by atoms with Gasteiger partial charge in [0, 0.05) is 31.3 Å². The van der Waals surface area contributed by atoms with Gasteiger partial charge in [-0.3, -0.25) is 9.20 Å². The third-order valence-electron chi connectivity index (χ3n) is 4.71. The zero-order valence-electron chi connectivity index (χ0n) is 13.8. The maximum absolute atomic E-state index is 12.6. The molecule has 0 aliphatic carbocycles. The van der Waals surface area contributed by atoms with E-state index in [1.54, 1.807) is 12.2 Å². The second kappa shape index (κ2) is 7.15. The Bertz CT molecular complexity index is 798. The fourth-order valence-corrected chi connectivity index (χ4v) is 3.71. The van der Waals surface area contributed by atoms with Gasteiger partial charge >= 0.3 is 0 Å². The Hall–Kier alpha value is -1.89. The summed E-state index contributed by atoms with van der Waals surface area (Å²) in [5.74, 6) is 0.220. The summed E-state index contributed by atoms with van der Waals surface area (Å²) in [7, 11) is 0. The molecule has 0 radical (unpaired) electrons. The summed E-state index contributed by atoms with van der Waals surface area (Å²) < 4.78 is 13.1. The molecule has 132 valence electrons. The van der Waals surface area contributed by atoms with E-state index < -0.39 is 0 Å². The van der Waals surface area contributed by atoms with Crippen LogP contribution in [0.25, 0.3) is 11.7 Å². The number of aromatic nitrogens is 2. The summed E-state index contributed by atoms with van der Waals surface area (Å²) in [6.07, 6.45) is 7.00. The van der Waals surface area contributed by atoms with E-state index in [1.807, 2.05) is 33.7 Å². The van der Waals surface area contributed by atoms with Crippen LogP contribution in [0.2, 0.25) is 5.15 Å². The fourth-order valence-electron chi connectivity index (χ4n) is 3.47. The molecule has 7 heteroatoms. The number of carbonyl (C=O) groups is 1. The lowest BCUT2D eigenvalue weighted by Gasteiger charge is -2.34. The predicted molar refractivity (Wildman–Crippen MR) is 94.2 cm³/mol. The van der Waals surface area contributed by atoms with Crippen LogP contribution in [-0.4, -0.2) is 52.8 Å². The molecule has 2 aliphatic heterocycles. The Morgan fingerprint density at radius 3 is 3.00 bits per heavy atom. The maximum Gasteiger partial charge on any atom is 0.246 e. The van der Waals surface area contributed by atoms with Crippen molar-refractivity contribution in [2.24, 2.45) is 5.92 Å². The van der Waals surface area contributed by atoms with Crippen molar-refractivity contribution < 1.29 is 14.3 Å². The lowest BCUT2D eigenvalue weighted by atomic mass is 9.97. The van der Waals surface area contributed by atoms with E-state index in [1.165, 1.54) is 0 Å². The molecule has 0 N–H and O–H groups in total. The highest BCUT2D eigenvalue weighted by molar-refractivity contribution is 6.31. The summed E-state index contributed by atoms with van der Waals surface area (Å²) in [6, 6.07) is 5.68. The molecule has 2 aromatic rings. The smallest absolute Gasteiger partial charge is 0.246 e. The molecule has 25 heavy (non-hydrogen) atoms. The van der Waals surface area contributed by atoms with Crippen molar-refractivity contribution in [2.45, 2.75) is 19.1 Å². The van der Waals surface area contributed by atoms with Crippen LogP contribution >= 0.6 is 11.6 Å². The number of pyridine rings is 1. The minimum atomic E-state index is -0.173. The number of rotatable bonds is 3. The highest BCUT2D eigenvalue weighted by atomic mass is 35.5. The highest BCUT2D eigenvalue weighted by Gasteiger charge is 2.32. The van der Waals surface area contributed by atoms with Gasteiger partial charge in [-0.05, 0) is 31.1 Å². The van der Waals surface area contributed by atoms with E-state index in [4.69, 9.17) is 21.1 Å². The van der Waals surface area contributed by atoms with Gasteiger partial charge in [0.05, 0.1) is 18.9 Å². The third-order valence-corrected chi connectivity index (χ3v) is 4.99. The first kappa shape index (κ1) is 16.6.